The van der Waals surface area contributed by atoms with Crippen molar-refractivity contribution in [1.29, 1.82) is 0 Å². The molecule has 5 nitrogen and oxygen atoms in total. The number of rotatable bonds is 5. The number of anilines is 1. The van der Waals surface area contributed by atoms with Crippen LogP contribution in [0, 0.1) is 20.8 Å². The highest BCUT2D eigenvalue weighted by molar-refractivity contribution is 7.89. The second-order valence-corrected chi connectivity index (χ2v) is 9.00. The van der Waals surface area contributed by atoms with Crippen LogP contribution in [-0.2, 0) is 14.8 Å². The highest BCUT2D eigenvalue weighted by atomic mass is 32.2. The number of carbonyl (C=O) groups excluding carboxylic acids is 1. The zero-order chi connectivity index (χ0) is 19.8. The van der Waals surface area contributed by atoms with E-state index < -0.39 is 10.0 Å². The standard InChI is InChI=1S/C21H26N2O3S/c1-14-7-8-18(12-15(14)2)17(4)22-27(25,26)19-9-10-20(16(3)13-19)23-11-5-6-21(23)24/h7-10,12-13,17,22H,5-6,11H2,1-4H3/t17-/m0/s1. The molecule has 0 aromatic heterocycles. The second kappa shape index (κ2) is 7.44. The number of carbonyl (C=O) groups is 1. The molecule has 0 bridgehead atoms. The maximum atomic E-state index is 12.8. The summed E-state index contributed by atoms with van der Waals surface area (Å²) in [5, 5.41) is 0. The van der Waals surface area contributed by atoms with Gasteiger partial charge in [0.25, 0.3) is 0 Å². The Morgan fingerprint density at radius 3 is 2.33 bits per heavy atom. The molecular formula is C21H26N2O3S. The van der Waals surface area contributed by atoms with Gasteiger partial charge in [0, 0.05) is 24.7 Å². The molecule has 0 unspecified atom stereocenters. The number of nitrogens with zero attached hydrogens (tertiary/aromatic N) is 1. The maximum absolute atomic E-state index is 12.8. The highest BCUT2D eigenvalue weighted by Gasteiger charge is 2.25. The van der Waals surface area contributed by atoms with Gasteiger partial charge in [-0.3, -0.25) is 4.79 Å². The lowest BCUT2D eigenvalue weighted by atomic mass is 10.0. The van der Waals surface area contributed by atoms with Crippen LogP contribution in [0.25, 0.3) is 0 Å². The van der Waals surface area contributed by atoms with Gasteiger partial charge in [-0.2, -0.15) is 0 Å². The monoisotopic (exact) mass is 386 g/mol. The molecule has 1 amide bonds. The molecule has 1 N–H and O–H groups in total. The van der Waals surface area contributed by atoms with Gasteiger partial charge in [0.15, 0.2) is 0 Å². The third kappa shape index (κ3) is 4.06. The van der Waals surface area contributed by atoms with Crippen LogP contribution in [0.2, 0.25) is 0 Å². The molecule has 1 fully saturated rings. The normalized spacial score (nSPS) is 16.0. The summed E-state index contributed by atoms with van der Waals surface area (Å²) in [6.07, 6.45) is 1.39. The molecule has 1 aliphatic rings. The number of sulfonamides is 1. The van der Waals surface area contributed by atoms with Crippen LogP contribution in [0.3, 0.4) is 0 Å². The van der Waals surface area contributed by atoms with E-state index in [2.05, 4.69) is 4.72 Å². The molecule has 1 saturated heterocycles. The summed E-state index contributed by atoms with van der Waals surface area (Å²) < 4.78 is 28.4. The molecule has 0 spiro atoms. The average Bonchev–Trinajstić information content (AvgIpc) is 3.02. The number of nitrogens with one attached hydrogen (secondary N) is 1. The van der Waals surface area contributed by atoms with Crippen LogP contribution < -0.4 is 9.62 Å². The Kier molecular flexibility index (Phi) is 5.40. The largest absolute Gasteiger partial charge is 0.312 e. The molecule has 2 aromatic rings. The van der Waals surface area contributed by atoms with Gasteiger partial charge < -0.3 is 4.90 Å². The molecule has 1 heterocycles. The van der Waals surface area contributed by atoms with Gasteiger partial charge in [0.2, 0.25) is 15.9 Å². The Hall–Kier alpha value is -2.18. The minimum absolute atomic E-state index is 0.0928. The van der Waals surface area contributed by atoms with Crippen LogP contribution in [0.4, 0.5) is 5.69 Å². The zero-order valence-electron chi connectivity index (χ0n) is 16.2. The topological polar surface area (TPSA) is 66.5 Å². The van der Waals surface area contributed by atoms with Crippen LogP contribution in [0.5, 0.6) is 0 Å². The van der Waals surface area contributed by atoms with Crippen molar-refractivity contribution in [2.75, 3.05) is 11.4 Å². The average molecular weight is 387 g/mol. The number of aryl methyl sites for hydroxylation is 3. The number of benzene rings is 2. The lowest BCUT2D eigenvalue weighted by Gasteiger charge is -2.20. The van der Waals surface area contributed by atoms with Crippen molar-refractivity contribution in [3.8, 4) is 0 Å². The van der Waals surface area contributed by atoms with Gasteiger partial charge in [-0.25, -0.2) is 13.1 Å². The quantitative estimate of drug-likeness (QED) is 0.850. The minimum Gasteiger partial charge on any atom is -0.312 e. The Bertz CT molecular complexity index is 983. The Balaban J connectivity index is 1.83. The fourth-order valence-electron chi connectivity index (χ4n) is 3.40. The predicted molar refractivity (Wildman–Crippen MR) is 107 cm³/mol. The number of amides is 1. The van der Waals surface area contributed by atoms with Crippen LogP contribution in [-0.4, -0.2) is 20.9 Å². The highest BCUT2D eigenvalue weighted by Crippen LogP contribution is 2.28. The first kappa shape index (κ1) is 19.6. The Morgan fingerprint density at radius 2 is 1.74 bits per heavy atom. The second-order valence-electron chi connectivity index (χ2n) is 7.28. The van der Waals surface area contributed by atoms with E-state index in [1.807, 2.05) is 45.9 Å². The van der Waals surface area contributed by atoms with Gasteiger partial charge >= 0.3 is 0 Å². The number of hydrogen-bond acceptors (Lipinski definition) is 3. The summed E-state index contributed by atoms with van der Waals surface area (Å²) in [6, 6.07) is 10.6. The first-order valence-electron chi connectivity index (χ1n) is 9.19. The molecule has 3 rings (SSSR count). The van der Waals surface area contributed by atoms with E-state index in [1.165, 1.54) is 5.56 Å². The Labute approximate surface area is 161 Å². The van der Waals surface area contributed by atoms with Crippen molar-refractivity contribution in [2.24, 2.45) is 0 Å². The van der Waals surface area contributed by atoms with E-state index in [-0.39, 0.29) is 16.8 Å². The van der Waals surface area contributed by atoms with Crippen molar-refractivity contribution >= 4 is 21.6 Å². The molecule has 1 aliphatic heterocycles. The third-order valence-electron chi connectivity index (χ3n) is 5.21. The molecule has 0 radical (unpaired) electrons. The third-order valence-corrected chi connectivity index (χ3v) is 6.74. The van der Waals surface area contributed by atoms with Gasteiger partial charge in [0.05, 0.1) is 4.90 Å². The van der Waals surface area contributed by atoms with E-state index in [0.29, 0.717) is 13.0 Å². The smallest absolute Gasteiger partial charge is 0.241 e. The van der Waals surface area contributed by atoms with Crippen molar-refractivity contribution < 1.29 is 13.2 Å². The van der Waals surface area contributed by atoms with Crippen LogP contribution in [0.15, 0.2) is 41.3 Å². The molecule has 0 saturated carbocycles. The molecule has 144 valence electrons. The molecular weight excluding hydrogens is 360 g/mol. The summed E-state index contributed by atoms with van der Waals surface area (Å²) in [7, 11) is -3.66. The number of hydrogen-bond donors (Lipinski definition) is 1. The van der Waals surface area contributed by atoms with Gasteiger partial charge in [-0.1, -0.05) is 18.2 Å². The molecule has 1 atom stereocenters. The summed E-state index contributed by atoms with van der Waals surface area (Å²) in [6.45, 7) is 8.41. The predicted octanol–water partition coefficient (Wildman–Crippen LogP) is 3.78. The molecule has 0 aliphatic carbocycles. The maximum Gasteiger partial charge on any atom is 0.241 e. The fraction of sp³-hybridized carbons (Fsp3) is 0.381. The van der Waals surface area contributed by atoms with Crippen molar-refractivity contribution in [3.05, 3.63) is 58.7 Å². The SMILES string of the molecule is Cc1ccc([C@H](C)NS(=O)(=O)c2ccc(N3CCCC3=O)c(C)c2)cc1C. The van der Waals surface area contributed by atoms with E-state index in [0.717, 1.165) is 28.8 Å². The van der Waals surface area contributed by atoms with E-state index >= 15 is 0 Å². The fourth-order valence-corrected chi connectivity index (χ4v) is 4.72. The first-order chi connectivity index (χ1) is 12.7. The lowest BCUT2D eigenvalue weighted by molar-refractivity contribution is -0.117. The molecule has 27 heavy (non-hydrogen) atoms. The summed E-state index contributed by atoms with van der Waals surface area (Å²) in [5.74, 6) is 0.0928. The zero-order valence-corrected chi connectivity index (χ0v) is 17.1. The first-order valence-corrected chi connectivity index (χ1v) is 10.7. The summed E-state index contributed by atoms with van der Waals surface area (Å²) in [5.41, 5.74) is 4.81. The van der Waals surface area contributed by atoms with Crippen molar-refractivity contribution in [3.63, 3.8) is 0 Å². The van der Waals surface area contributed by atoms with E-state index in [1.54, 1.807) is 23.1 Å². The van der Waals surface area contributed by atoms with E-state index in [9.17, 15) is 13.2 Å². The molecule has 6 heteroatoms. The summed E-state index contributed by atoms with van der Waals surface area (Å²) in [4.78, 5) is 13.9. The van der Waals surface area contributed by atoms with Gasteiger partial charge in [-0.05, 0) is 74.6 Å². The van der Waals surface area contributed by atoms with Crippen molar-refractivity contribution in [1.82, 2.24) is 4.72 Å². The van der Waals surface area contributed by atoms with Gasteiger partial charge in [0.1, 0.15) is 0 Å². The van der Waals surface area contributed by atoms with Crippen molar-refractivity contribution in [2.45, 2.75) is 51.5 Å². The minimum atomic E-state index is -3.66. The lowest BCUT2D eigenvalue weighted by Crippen LogP contribution is -2.28. The molecule has 2 aromatic carbocycles. The van der Waals surface area contributed by atoms with Gasteiger partial charge in [-0.15, -0.1) is 0 Å². The van der Waals surface area contributed by atoms with Crippen LogP contribution >= 0.6 is 0 Å². The van der Waals surface area contributed by atoms with Crippen LogP contribution in [0.1, 0.15) is 48.1 Å². The summed E-state index contributed by atoms with van der Waals surface area (Å²) >= 11 is 0. The van der Waals surface area contributed by atoms with E-state index in [4.69, 9.17) is 0 Å². The Morgan fingerprint density at radius 1 is 1.00 bits per heavy atom.